The van der Waals surface area contributed by atoms with Gasteiger partial charge in [-0.25, -0.2) is 9.97 Å². The zero-order chi connectivity index (χ0) is 20.8. The Labute approximate surface area is 202 Å². The second-order valence-electron chi connectivity index (χ2n) is 6.80. The van der Waals surface area contributed by atoms with Gasteiger partial charge in [-0.1, -0.05) is 48.0 Å². The quantitative estimate of drug-likeness (QED) is 0.197. The van der Waals surface area contributed by atoms with Crippen LogP contribution in [-0.2, 0) is 13.1 Å². The second kappa shape index (κ2) is 11.1. The third kappa shape index (κ3) is 6.14. The highest BCUT2D eigenvalue weighted by atomic mass is 127. The van der Waals surface area contributed by atoms with Crippen molar-refractivity contribution in [3.05, 3.63) is 83.2 Å². The summed E-state index contributed by atoms with van der Waals surface area (Å²) in [5.74, 6) is 1.30. The van der Waals surface area contributed by atoms with Crippen molar-refractivity contribution in [2.24, 2.45) is 4.99 Å². The molecular formula is C23H24IN5OS. The number of hydrogen-bond acceptors (Lipinski definition) is 5. The Bertz CT molecular complexity index is 1120. The van der Waals surface area contributed by atoms with Crippen LogP contribution in [0.5, 0.6) is 0 Å². The number of aryl methyl sites for hydroxylation is 1. The third-order valence-corrected chi connectivity index (χ3v) is 5.46. The van der Waals surface area contributed by atoms with Crippen molar-refractivity contribution in [1.29, 1.82) is 0 Å². The molecule has 4 rings (SSSR count). The number of aliphatic imine (C=N–C) groups is 1. The van der Waals surface area contributed by atoms with Gasteiger partial charge in [-0.05, 0) is 19.1 Å². The lowest BCUT2D eigenvalue weighted by Gasteiger charge is -2.09. The molecule has 0 aliphatic carbocycles. The summed E-state index contributed by atoms with van der Waals surface area (Å²) in [5.41, 5.74) is 5.09. The van der Waals surface area contributed by atoms with E-state index in [0.29, 0.717) is 24.9 Å². The summed E-state index contributed by atoms with van der Waals surface area (Å²) < 4.78 is 5.61. The number of aromatic nitrogens is 2. The van der Waals surface area contributed by atoms with Crippen LogP contribution in [-0.4, -0.2) is 23.0 Å². The van der Waals surface area contributed by atoms with Crippen molar-refractivity contribution in [2.75, 3.05) is 7.05 Å². The van der Waals surface area contributed by atoms with Gasteiger partial charge in [0.15, 0.2) is 5.96 Å². The molecule has 0 saturated heterocycles. The molecule has 6 nitrogen and oxygen atoms in total. The molecule has 160 valence electrons. The molecule has 8 heteroatoms. The maximum atomic E-state index is 5.61. The molecule has 0 fully saturated rings. The van der Waals surface area contributed by atoms with Gasteiger partial charge in [-0.15, -0.1) is 35.3 Å². The van der Waals surface area contributed by atoms with Gasteiger partial charge in [0, 0.05) is 23.6 Å². The van der Waals surface area contributed by atoms with Crippen molar-refractivity contribution in [3.63, 3.8) is 0 Å². The zero-order valence-electron chi connectivity index (χ0n) is 17.3. The molecule has 2 heterocycles. The first-order valence-corrected chi connectivity index (χ1v) is 10.5. The Morgan fingerprint density at radius 2 is 1.65 bits per heavy atom. The maximum absolute atomic E-state index is 5.61. The molecule has 2 aromatic heterocycles. The van der Waals surface area contributed by atoms with Gasteiger partial charge in [0.2, 0.25) is 5.89 Å². The van der Waals surface area contributed by atoms with Crippen LogP contribution in [0.3, 0.4) is 0 Å². The molecule has 0 unspecified atom stereocenters. The first kappa shape index (κ1) is 23.0. The molecule has 0 aliphatic heterocycles. The molecule has 0 spiro atoms. The minimum Gasteiger partial charge on any atom is -0.444 e. The molecule has 31 heavy (non-hydrogen) atoms. The Kier molecular flexibility index (Phi) is 8.19. The fourth-order valence-electron chi connectivity index (χ4n) is 2.89. The maximum Gasteiger partial charge on any atom is 0.226 e. The standard InChI is InChI=1S/C23H23N5OS.HI/c1-16-8-10-17(11-9-16)21-27-19(14-29-21)12-25-23(24-2)26-13-20-15-30-22(28-20)18-6-4-3-5-7-18;/h3-11,14-15H,12-13H2,1-2H3,(H2,24,25,26);1H. The molecule has 0 bridgehead atoms. The van der Waals surface area contributed by atoms with Crippen molar-refractivity contribution in [3.8, 4) is 22.0 Å². The van der Waals surface area contributed by atoms with Gasteiger partial charge in [-0.2, -0.15) is 0 Å². The lowest BCUT2D eigenvalue weighted by atomic mass is 10.1. The molecule has 0 saturated carbocycles. The van der Waals surface area contributed by atoms with E-state index in [9.17, 15) is 0 Å². The number of rotatable bonds is 6. The van der Waals surface area contributed by atoms with Gasteiger partial charge < -0.3 is 15.1 Å². The summed E-state index contributed by atoms with van der Waals surface area (Å²) in [7, 11) is 1.74. The van der Waals surface area contributed by atoms with E-state index in [4.69, 9.17) is 9.40 Å². The normalized spacial score (nSPS) is 11.1. The van der Waals surface area contributed by atoms with E-state index in [1.54, 1.807) is 24.6 Å². The number of guanidine groups is 1. The molecular weight excluding hydrogens is 521 g/mol. The number of nitrogens with one attached hydrogen (secondary N) is 2. The van der Waals surface area contributed by atoms with Crippen LogP contribution in [0, 0.1) is 6.92 Å². The van der Waals surface area contributed by atoms with Gasteiger partial charge in [-0.3, -0.25) is 4.99 Å². The number of halogens is 1. The number of nitrogens with zero attached hydrogens (tertiary/aromatic N) is 3. The second-order valence-corrected chi connectivity index (χ2v) is 7.66. The molecule has 0 amide bonds. The monoisotopic (exact) mass is 545 g/mol. The minimum absolute atomic E-state index is 0. The Morgan fingerprint density at radius 3 is 2.35 bits per heavy atom. The van der Waals surface area contributed by atoms with Gasteiger partial charge in [0.25, 0.3) is 0 Å². The van der Waals surface area contributed by atoms with E-state index in [-0.39, 0.29) is 24.0 Å². The zero-order valence-corrected chi connectivity index (χ0v) is 20.5. The summed E-state index contributed by atoms with van der Waals surface area (Å²) in [5, 5.41) is 9.63. The van der Waals surface area contributed by atoms with Crippen LogP contribution in [0.15, 0.2) is 75.7 Å². The molecule has 0 aliphatic rings. The lowest BCUT2D eigenvalue weighted by molar-refractivity contribution is 0.572. The van der Waals surface area contributed by atoms with Crippen LogP contribution in [0.2, 0.25) is 0 Å². The Balaban J connectivity index is 0.00000272. The molecule has 2 aromatic carbocycles. The van der Waals surface area contributed by atoms with Gasteiger partial charge in [0.05, 0.1) is 24.5 Å². The predicted molar refractivity (Wildman–Crippen MR) is 137 cm³/mol. The SMILES string of the molecule is CN=C(NCc1coc(-c2ccc(C)cc2)n1)NCc1csc(-c2ccccc2)n1.I. The first-order valence-electron chi connectivity index (χ1n) is 9.67. The van der Waals surface area contributed by atoms with E-state index in [0.717, 1.165) is 27.5 Å². The summed E-state index contributed by atoms with van der Waals surface area (Å²) in [6, 6.07) is 18.3. The molecule has 0 radical (unpaired) electrons. The highest BCUT2D eigenvalue weighted by Gasteiger charge is 2.08. The number of hydrogen-bond donors (Lipinski definition) is 2. The van der Waals surface area contributed by atoms with Crippen molar-refractivity contribution in [1.82, 2.24) is 20.6 Å². The molecule has 2 N–H and O–H groups in total. The molecule has 0 atom stereocenters. The predicted octanol–water partition coefficient (Wildman–Crippen LogP) is 5.26. The first-order chi connectivity index (χ1) is 14.7. The van der Waals surface area contributed by atoms with E-state index in [1.165, 1.54) is 5.56 Å². The highest BCUT2D eigenvalue weighted by Crippen LogP contribution is 2.23. The van der Waals surface area contributed by atoms with E-state index >= 15 is 0 Å². The van der Waals surface area contributed by atoms with Crippen LogP contribution in [0.1, 0.15) is 17.0 Å². The lowest BCUT2D eigenvalue weighted by Crippen LogP contribution is -2.36. The van der Waals surface area contributed by atoms with E-state index in [2.05, 4.69) is 45.0 Å². The van der Waals surface area contributed by atoms with E-state index in [1.807, 2.05) is 42.5 Å². The average Bonchev–Trinajstić information content (AvgIpc) is 3.45. The number of oxazole rings is 1. The van der Waals surface area contributed by atoms with Crippen LogP contribution in [0.4, 0.5) is 0 Å². The Hall–Kier alpha value is -2.72. The highest BCUT2D eigenvalue weighted by molar-refractivity contribution is 14.0. The van der Waals surface area contributed by atoms with Crippen molar-refractivity contribution >= 4 is 41.3 Å². The third-order valence-electron chi connectivity index (χ3n) is 4.52. The summed E-state index contributed by atoms with van der Waals surface area (Å²) >= 11 is 1.64. The van der Waals surface area contributed by atoms with Crippen molar-refractivity contribution in [2.45, 2.75) is 20.0 Å². The summed E-state index contributed by atoms with van der Waals surface area (Å²) in [6.45, 7) is 3.17. The number of thiazole rings is 1. The summed E-state index contributed by atoms with van der Waals surface area (Å²) in [6.07, 6.45) is 1.67. The van der Waals surface area contributed by atoms with Crippen LogP contribution >= 0.6 is 35.3 Å². The fraction of sp³-hybridized carbons (Fsp3) is 0.174. The van der Waals surface area contributed by atoms with E-state index < -0.39 is 0 Å². The summed E-state index contributed by atoms with van der Waals surface area (Å²) in [4.78, 5) is 13.5. The van der Waals surface area contributed by atoms with Gasteiger partial charge in [0.1, 0.15) is 11.3 Å². The largest absolute Gasteiger partial charge is 0.444 e. The Morgan fingerprint density at radius 1 is 0.935 bits per heavy atom. The van der Waals surface area contributed by atoms with Crippen molar-refractivity contribution < 1.29 is 4.42 Å². The van der Waals surface area contributed by atoms with Crippen LogP contribution < -0.4 is 10.6 Å². The minimum atomic E-state index is 0. The molecule has 4 aromatic rings. The van der Waals surface area contributed by atoms with Crippen LogP contribution in [0.25, 0.3) is 22.0 Å². The smallest absolute Gasteiger partial charge is 0.226 e. The average molecular weight is 545 g/mol. The van der Waals surface area contributed by atoms with Gasteiger partial charge >= 0.3 is 0 Å². The number of benzene rings is 2. The fourth-order valence-corrected chi connectivity index (χ4v) is 3.71. The topological polar surface area (TPSA) is 75.3 Å².